The zero-order chi connectivity index (χ0) is 21.6. The first kappa shape index (κ1) is 19.8. The molecule has 5 rings (SSSR count). The summed E-state index contributed by atoms with van der Waals surface area (Å²) in [5.74, 6) is 1.07. The minimum Gasteiger partial charge on any atom is -0.467 e. The Morgan fingerprint density at radius 1 is 1.23 bits per heavy atom. The van der Waals surface area contributed by atoms with Crippen molar-refractivity contribution in [3.63, 3.8) is 0 Å². The van der Waals surface area contributed by atoms with Gasteiger partial charge in [0.2, 0.25) is 5.91 Å². The Hall–Kier alpha value is -3.09. The summed E-state index contributed by atoms with van der Waals surface area (Å²) in [4.78, 5) is 33.5. The minimum absolute atomic E-state index is 0.116. The van der Waals surface area contributed by atoms with Gasteiger partial charge in [-0.15, -0.1) is 0 Å². The second-order valence-corrected chi connectivity index (χ2v) is 9.10. The highest BCUT2D eigenvalue weighted by Gasteiger charge is 2.49. The Balaban J connectivity index is 1.54. The van der Waals surface area contributed by atoms with E-state index in [0.29, 0.717) is 24.0 Å². The number of furan rings is 1. The van der Waals surface area contributed by atoms with Crippen molar-refractivity contribution in [3.05, 3.63) is 54.2 Å². The number of amides is 2. The van der Waals surface area contributed by atoms with Gasteiger partial charge in [0.15, 0.2) is 5.82 Å². The van der Waals surface area contributed by atoms with Crippen molar-refractivity contribution in [2.45, 2.75) is 64.2 Å². The van der Waals surface area contributed by atoms with Crippen molar-refractivity contribution >= 4 is 22.8 Å². The molecule has 1 aromatic carbocycles. The Labute approximate surface area is 181 Å². The normalized spacial score (nSPS) is 26.1. The Morgan fingerprint density at radius 3 is 2.81 bits per heavy atom. The van der Waals surface area contributed by atoms with Crippen LogP contribution in [0.1, 0.15) is 55.9 Å². The first-order valence-electron chi connectivity index (χ1n) is 11.1. The predicted molar refractivity (Wildman–Crippen MR) is 116 cm³/mol. The van der Waals surface area contributed by atoms with Crippen LogP contribution in [0.3, 0.4) is 0 Å². The number of para-hydroxylation sites is 2. The van der Waals surface area contributed by atoms with E-state index in [0.717, 1.165) is 30.3 Å². The van der Waals surface area contributed by atoms with Crippen LogP contribution in [0, 0.1) is 5.92 Å². The average molecular weight is 421 g/mol. The van der Waals surface area contributed by atoms with Crippen LogP contribution in [-0.4, -0.2) is 37.8 Å². The summed E-state index contributed by atoms with van der Waals surface area (Å²) in [6, 6.07) is 11.4. The lowest BCUT2D eigenvalue weighted by Crippen LogP contribution is -2.65. The van der Waals surface area contributed by atoms with Crippen LogP contribution in [0.4, 0.5) is 0 Å². The van der Waals surface area contributed by atoms with Gasteiger partial charge in [-0.2, -0.15) is 0 Å². The van der Waals surface area contributed by atoms with Gasteiger partial charge in [0, 0.05) is 6.04 Å². The monoisotopic (exact) mass is 420 g/mol. The summed E-state index contributed by atoms with van der Waals surface area (Å²) in [6.45, 7) is 4.62. The van der Waals surface area contributed by atoms with Gasteiger partial charge < -0.3 is 19.2 Å². The minimum atomic E-state index is -1.06. The van der Waals surface area contributed by atoms with E-state index in [1.54, 1.807) is 17.2 Å². The largest absolute Gasteiger partial charge is 0.467 e. The number of hydrogen-bond donors (Lipinski definition) is 1. The molecule has 0 saturated heterocycles. The number of nitrogens with zero attached hydrogens (tertiary/aromatic N) is 3. The molecular weight excluding hydrogens is 392 g/mol. The zero-order valence-corrected chi connectivity index (χ0v) is 18.0. The van der Waals surface area contributed by atoms with E-state index in [4.69, 9.17) is 4.42 Å². The number of aromatic nitrogens is 2. The lowest BCUT2D eigenvalue weighted by atomic mass is 9.85. The molecule has 3 aromatic rings. The lowest BCUT2D eigenvalue weighted by Gasteiger charge is -2.44. The average Bonchev–Trinajstić information content (AvgIpc) is 3.41. The van der Waals surface area contributed by atoms with Crippen molar-refractivity contribution in [1.82, 2.24) is 19.8 Å². The summed E-state index contributed by atoms with van der Waals surface area (Å²) < 4.78 is 7.41. The number of hydrogen-bond acceptors (Lipinski definition) is 4. The third-order valence-corrected chi connectivity index (χ3v) is 6.96. The molecule has 31 heavy (non-hydrogen) atoms. The van der Waals surface area contributed by atoms with Crippen molar-refractivity contribution in [1.29, 1.82) is 0 Å². The van der Waals surface area contributed by atoms with Crippen molar-refractivity contribution in [2.75, 3.05) is 0 Å². The molecule has 0 bridgehead atoms. The van der Waals surface area contributed by atoms with Crippen molar-refractivity contribution < 1.29 is 14.0 Å². The fraction of sp³-hybridized carbons (Fsp3) is 0.458. The number of rotatable bonds is 4. The predicted octanol–water partition coefficient (Wildman–Crippen LogP) is 3.74. The molecule has 3 atom stereocenters. The molecule has 7 nitrogen and oxygen atoms in total. The molecule has 2 aliphatic rings. The smallest absolute Gasteiger partial charge is 0.291 e. The van der Waals surface area contributed by atoms with Gasteiger partial charge in [-0.05, 0) is 49.9 Å². The van der Waals surface area contributed by atoms with Gasteiger partial charge >= 0.3 is 0 Å². The maximum Gasteiger partial charge on any atom is 0.291 e. The maximum atomic E-state index is 13.7. The van der Waals surface area contributed by atoms with E-state index in [1.807, 2.05) is 41.8 Å². The Kier molecular flexibility index (Phi) is 4.84. The second-order valence-electron chi connectivity index (χ2n) is 9.10. The number of carbonyl (C=O) groups is 2. The van der Waals surface area contributed by atoms with E-state index < -0.39 is 5.54 Å². The molecule has 2 aromatic heterocycles. The summed E-state index contributed by atoms with van der Waals surface area (Å²) in [5, 5.41) is 3.28. The SMILES string of the molecule is C[C@@H]1CCCC[C@@H]1NC(=O)[C@@]1(C)Cn2c(nc3ccccc32)C(=O)N1Cc1ccco1. The van der Waals surface area contributed by atoms with E-state index in [-0.39, 0.29) is 24.4 Å². The van der Waals surface area contributed by atoms with Gasteiger partial charge in [0.1, 0.15) is 11.3 Å². The Morgan fingerprint density at radius 2 is 2.03 bits per heavy atom. The van der Waals surface area contributed by atoms with Crippen LogP contribution in [0.15, 0.2) is 47.1 Å². The molecule has 1 N–H and O–H groups in total. The van der Waals surface area contributed by atoms with Crippen molar-refractivity contribution in [3.8, 4) is 0 Å². The highest BCUT2D eigenvalue weighted by atomic mass is 16.3. The molecule has 162 valence electrons. The molecule has 0 radical (unpaired) electrons. The van der Waals surface area contributed by atoms with Crippen LogP contribution < -0.4 is 5.32 Å². The molecule has 3 heterocycles. The quantitative estimate of drug-likeness (QED) is 0.697. The molecule has 0 spiro atoms. The maximum absolute atomic E-state index is 13.7. The van der Waals surface area contributed by atoms with Gasteiger partial charge in [-0.3, -0.25) is 9.59 Å². The van der Waals surface area contributed by atoms with Crippen LogP contribution in [-0.2, 0) is 17.9 Å². The Bertz CT molecular complexity index is 1120. The van der Waals surface area contributed by atoms with Crippen molar-refractivity contribution in [2.24, 2.45) is 5.92 Å². The third-order valence-electron chi connectivity index (χ3n) is 6.96. The van der Waals surface area contributed by atoms with Crippen LogP contribution in [0.5, 0.6) is 0 Å². The first-order chi connectivity index (χ1) is 15.0. The van der Waals surface area contributed by atoms with E-state index in [9.17, 15) is 9.59 Å². The van der Waals surface area contributed by atoms with Crippen LogP contribution >= 0.6 is 0 Å². The van der Waals surface area contributed by atoms with Gasteiger partial charge in [0.05, 0.1) is 30.4 Å². The molecular formula is C24H28N4O3. The number of nitrogens with one attached hydrogen (secondary N) is 1. The number of imidazole rings is 1. The topological polar surface area (TPSA) is 80.4 Å². The molecule has 0 unspecified atom stereocenters. The number of benzene rings is 1. The molecule has 1 aliphatic carbocycles. The third kappa shape index (κ3) is 3.32. The van der Waals surface area contributed by atoms with Crippen LogP contribution in [0.25, 0.3) is 11.0 Å². The van der Waals surface area contributed by atoms with Gasteiger partial charge in [-0.25, -0.2) is 4.98 Å². The summed E-state index contributed by atoms with van der Waals surface area (Å²) >= 11 is 0. The molecule has 1 saturated carbocycles. The van der Waals surface area contributed by atoms with E-state index in [2.05, 4.69) is 17.2 Å². The molecule has 1 fully saturated rings. The molecule has 2 amide bonds. The highest BCUT2D eigenvalue weighted by Crippen LogP contribution is 2.33. The zero-order valence-electron chi connectivity index (χ0n) is 18.0. The molecule has 7 heteroatoms. The van der Waals surface area contributed by atoms with Gasteiger partial charge in [0.25, 0.3) is 5.91 Å². The first-order valence-corrected chi connectivity index (χ1v) is 11.1. The second kappa shape index (κ2) is 7.55. The van der Waals surface area contributed by atoms with E-state index in [1.165, 1.54) is 6.42 Å². The number of fused-ring (bicyclic) bond motifs is 3. The highest BCUT2D eigenvalue weighted by molar-refractivity contribution is 6.01. The summed E-state index contributed by atoms with van der Waals surface area (Å²) in [6.07, 6.45) is 6.01. The van der Waals surface area contributed by atoms with E-state index >= 15 is 0 Å². The summed E-state index contributed by atoms with van der Waals surface area (Å²) in [7, 11) is 0. The summed E-state index contributed by atoms with van der Waals surface area (Å²) in [5.41, 5.74) is 0.570. The van der Waals surface area contributed by atoms with Gasteiger partial charge in [-0.1, -0.05) is 31.9 Å². The standard InChI is InChI=1S/C24H28N4O3/c1-16-8-3-4-10-18(16)26-23(30)24(2)15-27-20-12-6-5-11-19(20)25-21(27)22(29)28(24)14-17-9-7-13-31-17/h5-7,9,11-13,16,18H,3-4,8,10,14-15H2,1-2H3,(H,26,30)/t16-,18+,24-/m1/s1. The number of carbonyl (C=O) groups excluding carboxylic acids is 2. The van der Waals surface area contributed by atoms with Crippen LogP contribution in [0.2, 0.25) is 0 Å². The lowest BCUT2D eigenvalue weighted by molar-refractivity contribution is -0.134. The molecule has 1 aliphatic heterocycles. The fourth-order valence-corrected chi connectivity index (χ4v) is 4.99. The fourth-order valence-electron chi connectivity index (χ4n) is 4.99.